The molecule has 0 aliphatic rings. The Bertz CT molecular complexity index is 303. The van der Waals surface area contributed by atoms with Gasteiger partial charge in [0.1, 0.15) is 16.2 Å². The van der Waals surface area contributed by atoms with E-state index in [0.29, 0.717) is 13.2 Å². The Morgan fingerprint density at radius 2 is 2.25 bits per heavy atom. The molecular formula is C10H16BrN3O2. The van der Waals surface area contributed by atoms with Crippen molar-refractivity contribution in [3.8, 4) is 0 Å². The van der Waals surface area contributed by atoms with Gasteiger partial charge in [-0.3, -0.25) is 0 Å². The highest BCUT2D eigenvalue weighted by Crippen LogP contribution is 2.11. The van der Waals surface area contributed by atoms with Crippen molar-refractivity contribution in [3.63, 3.8) is 0 Å². The van der Waals surface area contributed by atoms with Gasteiger partial charge in [-0.2, -0.15) is 0 Å². The Morgan fingerprint density at radius 1 is 1.44 bits per heavy atom. The highest BCUT2D eigenvalue weighted by Gasteiger charge is 1.98. The zero-order valence-electron chi connectivity index (χ0n) is 9.24. The Hall–Kier alpha value is -0.720. The van der Waals surface area contributed by atoms with Crippen LogP contribution in [0.1, 0.15) is 12.2 Å². The Labute approximate surface area is 103 Å². The molecule has 0 fully saturated rings. The van der Waals surface area contributed by atoms with Crippen LogP contribution in [-0.4, -0.2) is 41.4 Å². The number of aliphatic hydroxyl groups is 1. The molecule has 0 bridgehead atoms. The number of hydrogen-bond acceptors (Lipinski definition) is 5. The summed E-state index contributed by atoms with van der Waals surface area (Å²) in [5.74, 6) is 1.54. The van der Waals surface area contributed by atoms with Crippen LogP contribution in [0.15, 0.2) is 10.7 Å². The minimum atomic E-state index is 0.0749. The number of aromatic nitrogens is 2. The van der Waals surface area contributed by atoms with E-state index in [-0.39, 0.29) is 6.61 Å². The zero-order valence-corrected chi connectivity index (χ0v) is 10.8. The number of hydrogen-bond donors (Lipinski definition) is 2. The summed E-state index contributed by atoms with van der Waals surface area (Å²) in [5, 5.41) is 11.7. The zero-order chi connectivity index (χ0) is 11.8. The maximum atomic E-state index is 8.50. The lowest BCUT2D eigenvalue weighted by atomic mass is 10.4. The molecule has 0 saturated carbocycles. The van der Waals surface area contributed by atoms with Gasteiger partial charge >= 0.3 is 0 Å². The molecule has 1 heterocycles. The number of aliphatic hydroxyl groups excluding tert-OH is 1. The van der Waals surface area contributed by atoms with Gasteiger partial charge in [0.2, 0.25) is 0 Å². The molecule has 90 valence electrons. The smallest absolute Gasteiger partial charge is 0.130 e. The minimum absolute atomic E-state index is 0.0749. The van der Waals surface area contributed by atoms with Crippen molar-refractivity contribution in [1.29, 1.82) is 0 Å². The average Bonchev–Trinajstić information content (AvgIpc) is 2.22. The van der Waals surface area contributed by atoms with Gasteiger partial charge in [-0.1, -0.05) is 0 Å². The first kappa shape index (κ1) is 13.3. The van der Waals surface area contributed by atoms with Crippen molar-refractivity contribution in [2.75, 3.05) is 31.7 Å². The summed E-state index contributed by atoms with van der Waals surface area (Å²) in [5.41, 5.74) is 0. The Morgan fingerprint density at radius 3 is 2.94 bits per heavy atom. The van der Waals surface area contributed by atoms with Gasteiger partial charge in [0.15, 0.2) is 0 Å². The van der Waals surface area contributed by atoms with Gasteiger partial charge in [-0.05, 0) is 29.3 Å². The van der Waals surface area contributed by atoms with Crippen LogP contribution in [0.2, 0.25) is 0 Å². The van der Waals surface area contributed by atoms with Crippen LogP contribution in [0, 0.1) is 6.92 Å². The van der Waals surface area contributed by atoms with Crippen LogP contribution < -0.4 is 5.32 Å². The van der Waals surface area contributed by atoms with E-state index in [2.05, 4.69) is 31.2 Å². The highest BCUT2D eigenvalue weighted by molar-refractivity contribution is 9.10. The van der Waals surface area contributed by atoms with E-state index >= 15 is 0 Å². The molecule has 0 aliphatic heterocycles. The fourth-order valence-electron chi connectivity index (χ4n) is 1.18. The number of nitrogens with one attached hydrogen (secondary N) is 1. The second-order valence-corrected chi connectivity index (χ2v) is 4.05. The van der Waals surface area contributed by atoms with Crippen LogP contribution in [0.4, 0.5) is 5.82 Å². The molecule has 1 rings (SSSR count). The van der Waals surface area contributed by atoms with Crippen molar-refractivity contribution >= 4 is 21.7 Å². The first-order chi connectivity index (χ1) is 7.72. The summed E-state index contributed by atoms with van der Waals surface area (Å²) in [6, 6.07) is 1.83. The van der Waals surface area contributed by atoms with Crippen molar-refractivity contribution in [2.24, 2.45) is 0 Å². The third-order valence-electron chi connectivity index (χ3n) is 1.81. The summed E-state index contributed by atoms with van der Waals surface area (Å²) in [7, 11) is 0. The van der Waals surface area contributed by atoms with E-state index in [1.807, 2.05) is 13.0 Å². The van der Waals surface area contributed by atoms with Crippen LogP contribution in [0.3, 0.4) is 0 Å². The van der Waals surface area contributed by atoms with Crippen molar-refractivity contribution < 1.29 is 9.84 Å². The molecule has 0 spiro atoms. The summed E-state index contributed by atoms with van der Waals surface area (Å²) in [4.78, 5) is 8.35. The standard InChI is InChI=1S/C10H16BrN3O2/c1-8-13-9(11)7-10(14-8)12-3-2-5-16-6-4-15/h7,15H,2-6H2,1H3,(H,12,13,14). The second kappa shape index (κ2) is 7.54. The maximum absolute atomic E-state index is 8.50. The number of anilines is 1. The van der Waals surface area contributed by atoms with E-state index in [0.717, 1.165) is 29.2 Å². The molecule has 0 saturated heterocycles. The molecule has 2 N–H and O–H groups in total. The molecule has 1 aromatic rings. The number of rotatable bonds is 7. The lowest BCUT2D eigenvalue weighted by Gasteiger charge is -2.06. The quantitative estimate of drug-likeness (QED) is 0.586. The van der Waals surface area contributed by atoms with Crippen molar-refractivity contribution in [1.82, 2.24) is 9.97 Å². The van der Waals surface area contributed by atoms with Crippen LogP contribution in [0.25, 0.3) is 0 Å². The largest absolute Gasteiger partial charge is 0.394 e. The minimum Gasteiger partial charge on any atom is -0.394 e. The fraction of sp³-hybridized carbons (Fsp3) is 0.600. The summed E-state index contributed by atoms with van der Waals surface area (Å²) < 4.78 is 5.91. The van der Waals surface area contributed by atoms with Gasteiger partial charge in [0, 0.05) is 19.2 Å². The summed E-state index contributed by atoms with van der Waals surface area (Å²) in [6.45, 7) is 3.75. The molecule has 6 heteroatoms. The number of halogens is 1. The Balaban J connectivity index is 2.21. The van der Waals surface area contributed by atoms with Crippen LogP contribution in [-0.2, 0) is 4.74 Å². The predicted octanol–water partition coefficient (Wildman–Crippen LogP) is 1.36. The highest BCUT2D eigenvalue weighted by atomic mass is 79.9. The summed E-state index contributed by atoms with van der Waals surface area (Å²) in [6.07, 6.45) is 0.876. The maximum Gasteiger partial charge on any atom is 0.130 e. The molecule has 0 aliphatic carbocycles. The predicted molar refractivity (Wildman–Crippen MR) is 65.5 cm³/mol. The molecule has 0 unspecified atom stereocenters. The van der Waals surface area contributed by atoms with E-state index < -0.39 is 0 Å². The molecule has 5 nitrogen and oxygen atoms in total. The van der Waals surface area contributed by atoms with E-state index in [1.165, 1.54) is 0 Å². The third-order valence-corrected chi connectivity index (χ3v) is 2.22. The molecular weight excluding hydrogens is 274 g/mol. The van der Waals surface area contributed by atoms with E-state index in [4.69, 9.17) is 9.84 Å². The fourth-order valence-corrected chi connectivity index (χ4v) is 1.65. The third kappa shape index (κ3) is 5.39. The topological polar surface area (TPSA) is 67.3 Å². The number of aryl methyl sites for hydroxylation is 1. The monoisotopic (exact) mass is 289 g/mol. The molecule has 1 aromatic heterocycles. The Kier molecular flexibility index (Phi) is 6.29. The van der Waals surface area contributed by atoms with Gasteiger partial charge in [-0.15, -0.1) is 0 Å². The average molecular weight is 290 g/mol. The van der Waals surface area contributed by atoms with Gasteiger partial charge in [0.25, 0.3) is 0 Å². The van der Waals surface area contributed by atoms with E-state index in [1.54, 1.807) is 0 Å². The van der Waals surface area contributed by atoms with Gasteiger partial charge in [-0.25, -0.2) is 9.97 Å². The van der Waals surface area contributed by atoms with Crippen molar-refractivity contribution in [3.05, 3.63) is 16.5 Å². The summed E-state index contributed by atoms with van der Waals surface area (Å²) >= 11 is 3.31. The first-order valence-corrected chi connectivity index (χ1v) is 5.95. The number of nitrogens with zero attached hydrogens (tertiary/aromatic N) is 2. The van der Waals surface area contributed by atoms with E-state index in [9.17, 15) is 0 Å². The number of ether oxygens (including phenoxy) is 1. The molecule has 0 atom stereocenters. The first-order valence-electron chi connectivity index (χ1n) is 5.16. The molecule has 0 radical (unpaired) electrons. The molecule has 0 amide bonds. The van der Waals surface area contributed by atoms with Gasteiger partial charge < -0.3 is 15.2 Å². The lowest BCUT2D eigenvalue weighted by molar-refractivity contribution is 0.0922. The SMILES string of the molecule is Cc1nc(Br)cc(NCCCOCCO)n1. The second-order valence-electron chi connectivity index (χ2n) is 3.24. The lowest BCUT2D eigenvalue weighted by Crippen LogP contribution is -2.09. The van der Waals surface area contributed by atoms with Crippen LogP contribution >= 0.6 is 15.9 Å². The normalized spacial score (nSPS) is 10.4. The van der Waals surface area contributed by atoms with Crippen LogP contribution in [0.5, 0.6) is 0 Å². The van der Waals surface area contributed by atoms with Gasteiger partial charge in [0.05, 0.1) is 13.2 Å². The van der Waals surface area contributed by atoms with Crippen molar-refractivity contribution in [2.45, 2.75) is 13.3 Å². The molecule has 16 heavy (non-hydrogen) atoms. The molecule has 0 aromatic carbocycles.